The lowest BCUT2D eigenvalue weighted by Crippen LogP contribution is -2.47. The van der Waals surface area contributed by atoms with Gasteiger partial charge in [-0.25, -0.2) is 0 Å². The molecule has 6 heteroatoms. The number of ether oxygens (including phenoxy) is 1. The molecule has 5 nitrogen and oxygen atoms in total. The third kappa shape index (κ3) is 3.62. The van der Waals surface area contributed by atoms with E-state index in [9.17, 15) is 4.79 Å². The first-order valence-electron chi connectivity index (χ1n) is 6.86. The van der Waals surface area contributed by atoms with E-state index in [-0.39, 0.29) is 11.3 Å². The van der Waals surface area contributed by atoms with Crippen LogP contribution in [0.2, 0.25) is 0 Å². The van der Waals surface area contributed by atoms with Gasteiger partial charge in [-0.05, 0) is 47.9 Å². The van der Waals surface area contributed by atoms with Crippen LogP contribution in [0.5, 0.6) is 0 Å². The summed E-state index contributed by atoms with van der Waals surface area (Å²) in [4.78, 5) is 12.3. The van der Waals surface area contributed by atoms with Gasteiger partial charge in [0, 0.05) is 36.8 Å². The van der Waals surface area contributed by atoms with E-state index >= 15 is 0 Å². The molecule has 1 fully saturated rings. The van der Waals surface area contributed by atoms with Crippen LogP contribution in [-0.4, -0.2) is 43.8 Å². The molecule has 1 aliphatic heterocycles. The average molecular weight is 344 g/mol. The number of halogens is 1. The van der Waals surface area contributed by atoms with E-state index in [0.29, 0.717) is 18.8 Å². The molecule has 2 N–H and O–H groups in total. The number of carbonyl (C=O) groups excluding carboxylic acids is 1. The fourth-order valence-electron chi connectivity index (χ4n) is 2.74. The zero-order valence-electron chi connectivity index (χ0n) is 12.0. The van der Waals surface area contributed by atoms with E-state index in [4.69, 9.17) is 4.74 Å². The van der Waals surface area contributed by atoms with E-state index in [2.05, 4.69) is 26.6 Å². The van der Waals surface area contributed by atoms with Crippen molar-refractivity contribution in [2.45, 2.75) is 12.8 Å². The van der Waals surface area contributed by atoms with Gasteiger partial charge in [-0.2, -0.15) is 0 Å². The Bertz CT molecular complexity index is 461. The quantitative estimate of drug-likeness (QED) is 0.852. The second kappa shape index (κ2) is 6.74. The standard InChI is InChI=1S/C14H22BrN3O2/c1-18-8-11(15)7-12(18)13(19)17-9-14(10-20-2)3-5-16-6-4-14/h7-8,16H,3-6,9-10H2,1-2H3,(H,17,19). The van der Waals surface area contributed by atoms with E-state index in [1.807, 2.05) is 23.9 Å². The Morgan fingerprint density at radius 2 is 2.25 bits per heavy atom. The maximum atomic E-state index is 12.3. The number of rotatable bonds is 5. The van der Waals surface area contributed by atoms with Crippen LogP contribution in [0.3, 0.4) is 0 Å². The van der Waals surface area contributed by atoms with E-state index in [1.54, 1.807) is 7.11 Å². The molecule has 0 radical (unpaired) electrons. The lowest BCUT2D eigenvalue weighted by atomic mass is 9.79. The molecule has 1 saturated heterocycles. The van der Waals surface area contributed by atoms with Gasteiger partial charge in [0.15, 0.2) is 0 Å². The Balaban J connectivity index is 1.98. The number of nitrogens with zero attached hydrogens (tertiary/aromatic N) is 1. The van der Waals surface area contributed by atoms with Crippen molar-refractivity contribution in [2.75, 3.05) is 33.4 Å². The van der Waals surface area contributed by atoms with E-state index in [0.717, 1.165) is 30.4 Å². The summed E-state index contributed by atoms with van der Waals surface area (Å²) in [6.45, 7) is 3.31. The highest BCUT2D eigenvalue weighted by Gasteiger charge is 2.32. The zero-order chi connectivity index (χ0) is 14.6. The van der Waals surface area contributed by atoms with Crippen LogP contribution in [0.1, 0.15) is 23.3 Å². The molecule has 1 aromatic heterocycles. The third-order valence-electron chi connectivity index (χ3n) is 3.94. The Hall–Kier alpha value is -0.850. The highest BCUT2D eigenvalue weighted by Crippen LogP contribution is 2.28. The summed E-state index contributed by atoms with van der Waals surface area (Å²) < 4.78 is 8.10. The maximum Gasteiger partial charge on any atom is 0.267 e. The smallest absolute Gasteiger partial charge is 0.267 e. The number of aromatic nitrogens is 1. The second-order valence-corrected chi connectivity index (χ2v) is 6.44. The highest BCUT2D eigenvalue weighted by molar-refractivity contribution is 9.10. The average Bonchev–Trinajstić information content (AvgIpc) is 2.77. The van der Waals surface area contributed by atoms with Crippen molar-refractivity contribution in [3.05, 3.63) is 22.4 Å². The molecule has 20 heavy (non-hydrogen) atoms. The van der Waals surface area contributed by atoms with Gasteiger partial charge in [-0.3, -0.25) is 4.79 Å². The van der Waals surface area contributed by atoms with Gasteiger partial charge in [-0.15, -0.1) is 0 Å². The monoisotopic (exact) mass is 343 g/mol. The molecule has 0 spiro atoms. The van der Waals surface area contributed by atoms with Crippen LogP contribution in [0.15, 0.2) is 16.7 Å². The predicted octanol–water partition coefficient (Wildman–Crippen LogP) is 1.53. The summed E-state index contributed by atoms with van der Waals surface area (Å²) in [5, 5.41) is 6.41. The molecule has 1 amide bonds. The number of hydrogen-bond donors (Lipinski definition) is 2. The summed E-state index contributed by atoms with van der Waals surface area (Å²) >= 11 is 3.39. The van der Waals surface area contributed by atoms with Crippen molar-refractivity contribution in [3.8, 4) is 0 Å². The van der Waals surface area contributed by atoms with Crippen LogP contribution < -0.4 is 10.6 Å². The number of piperidine rings is 1. The summed E-state index contributed by atoms with van der Waals surface area (Å²) in [5.74, 6) is -0.0350. The van der Waals surface area contributed by atoms with Gasteiger partial charge in [-0.1, -0.05) is 0 Å². The molecule has 0 bridgehead atoms. The second-order valence-electron chi connectivity index (χ2n) is 5.52. The van der Waals surface area contributed by atoms with Crippen molar-refractivity contribution in [1.29, 1.82) is 0 Å². The van der Waals surface area contributed by atoms with Crippen molar-refractivity contribution in [3.63, 3.8) is 0 Å². The number of carbonyl (C=O) groups is 1. The summed E-state index contributed by atoms with van der Waals surface area (Å²) in [6.07, 6.45) is 3.93. The molecule has 0 atom stereocenters. The maximum absolute atomic E-state index is 12.3. The zero-order valence-corrected chi connectivity index (χ0v) is 13.6. The minimum atomic E-state index is -0.0350. The van der Waals surface area contributed by atoms with Crippen LogP contribution in [0.25, 0.3) is 0 Å². The Morgan fingerprint density at radius 1 is 1.55 bits per heavy atom. The first-order chi connectivity index (χ1) is 9.56. The predicted molar refractivity (Wildman–Crippen MR) is 81.9 cm³/mol. The van der Waals surface area contributed by atoms with Crippen LogP contribution in [0, 0.1) is 5.41 Å². The van der Waals surface area contributed by atoms with Gasteiger partial charge in [0.1, 0.15) is 5.69 Å². The number of nitrogens with one attached hydrogen (secondary N) is 2. The molecule has 2 rings (SSSR count). The van der Waals surface area contributed by atoms with Crippen molar-refractivity contribution in [1.82, 2.24) is 15.2 Å². The molecule has 0 saturated carbocycles. The van der Waals surface area contributed by atoms with Crippen LogP contribution in [0.4, 0.5) is 0 Å². The molecule has 1 aliphatic rings. The number of hydrogen-bond acceptors (Lipinski definition) is 3. The van der Waals surface area contributed by atoms with Gasteiger partial charge < -0.3 is 19.9 Å². The minimum absolute atomic E-state index is 0.0350. The lowest BCUT2D eigenvalue weighted by Gasteiger charge is -2.37. The van der Waals surface area contributed by atoms with Gasteiger partial charge in [0.05, 0.1) is 6.61 Å². The molecule has 2 heterocycles. The Morgan fingerprint density at radius 3 is 2.80 bits per heavy atom. The fraction of sp³-hybridized carbons (Fsp3) is 0.643. The minimum Gasteiger partial charge on any atom is -0.384 e. The summed E-state index contributed by atoms with van der Waals surface area (Å²) in [5.41, 5.74) is 0.719. The third-order valence-corrected chi connectivity index (χ3v) is 4.38. The van der Waals surface area contributed by atoms with Gasteiger partial charge >= 0.3 is 0 Å². The Labute approximate surface area is 128 Å². The lowest BCUT2D eigenvalue weighted by molar-refractivity contribution is 0.0510. The first-order valence-corrected chi connectivity index (χ1v) is 7.65. The van der Waals surface area contributed by atoms with E-state index in [1.165, 1.54) is 0 Å². The number of methoxy groups -OCH3 is 1. The molecule has 0 aromatic carbocycles. The van der Waals surface area contributed by atoms with Gasteiger partial charge in [0.25, 0.3) is 5.91 Å². The van der Waals surface area contributed by atoms with Crippen LogP contribution >= 0.6 is 15.9 Å². The number of aryl methyl sites for hydroxylation is 1. The first kappa shape index (κ1) is 15.5. The van der Waals surface area contributed by atoms with Crippen molar-refractivity contribution >= 4 is 21.8 Å². The molecule has 1 aromatic rings. The molecular weight excluding hydrogens is 322 g/mol. The normalized spacial score (nSPS) is 17.9. The van der Waals surface area contributed by atoms with Crippen molar-refractivity contribution < 1.29 is 9.53 Å². The van der Waals surface area contributed by atoms with Crippen LogP contribution in [-0.2, 0) is 11.8 Å². The molecule has 0 aliphatic carbocycles. The van der Waals surface area contributed by atoms with E-state index < -0.39 is 0 Å². The molecular formula is C14H22BrN3O2. The fourth-order valence-corrected chi connectivity index (χ4v) is 3.27. The SMILES string of the molecule is COCC1(CNC(=O)c2cc(Br)cn2C)CCNCC1. The molecule has 0 unspecified atom stereocenters. The number of amides is 1. The summed E-state index contributed by atoms with van der Waals surface area (Å²) in [6, 6.07) is 1.83. The largest absolute Gasteiger partial charge is 0.384 e. The topological polar surface area (TPSA) is 55.3 Å². The Kier molecular flexibility index (Phi) is 5.23. The van der Waals surface area contributed by atoms with Gasteiger partial charge in [0.2, 0.25) is 0 Å². The molecule has 112 valence electrons. The highest BCUT2D eigenvalue weighted by atomic mass is 79.9. The van der Waals surface area contributed by atoms with Crippen molar-refractivity contribution in [2.24, 2.45) is 12.5 Å². The summed E-state index contributed by atoms with van der Waals surface area (Å²) in [7, 11) is 3.59.